The molecule has 2 aromatic carbocycles. The molecule has 2 aromatic rings. The summed E-state index contributed by atoms with van der Waals surface area (Å²) in [6.45, 7) is 9.90. The lowest BCUT2D eigenvalue weighted by atomic mass is 10.1. The number of amides is 2. The average Bonchev–Trinajstić information content (AvgIpc) is 2.73. The number of hydrogen-bond acceptors (Lipinski definition) is 3. The minimum atomic E-state index is -0.614. The van der Waals surface area contributed by atoms with Crippen LogP contribution >= 0.6 is 15.9 Å². The number of hydrogen-bond donors (Lipinski definition) is 1. The standard InChI is InChI=1S/C24H31BrN2O3/c1-6-17(3)26-24(29)19(5)27(14-20-10-12-21(25)13-11-20)23(28)15-30-22-9-7-8-16(2)18(22)4/h7-13,17,19H,6,14-15H2,1-5H3,(H,26,29)/t17-,19-/m1/s1. The highest BCUT2D eigenvalue weighted by Crippen LogP contribution is 2.21. The number of rotatable bonds is 9. The second-order valence-electron chi connectivity index (χ2n) is 7.63. The molecule has 0 radical (unpaired) electrons. The van der Waals surface area contributed by atoms with Gasteiger partial charge in [0.05, 0.1) is 0 Å². The van der Waals surface area contributed by atoms with E-state index in [0.29, 0.717) is 12.3 Å². The van der Waals surface area contributed by atoms with E-state index < -0.39 is 6.04 Å². The van der Waals surface area contributed by atoms with Crippen molar-refractivity contribution in [2.75, 3.05) is 6.61 Å². The first-order chi connectivity index (χ1) is 14.2. The maximum absolute atomic E-state index is 13.1. The van der Waals surface area contributed by atoms with E-state index >= 15 is 0 Å². The number of nitrogens with one attached hydrogen (secondary N) is 1. The highest BCUT2D eigenvalue weighted by Gasteiger charge is 2.27. The molecule has 1 N–H and O–H groups in total. The number of ether oxygens (including phenoxy) is 1. The van der Waals surface area contributed by atoms with Gasteiger partial charge in [-0.25, -0.2) is 0 Å². The van der Waals surface area contributed by atoms with Gasteiger partial charge in [0.25, 0.3) is 5.91 Å². The maximum atomic E-state index is 13.1. The Labute approximate surface area is 187 Å². The summed E-state index contributed by atoms with van der Waals surface area (Å²) in [7, 11) is 0. The van der Waals surface area contributed by atoms with E-state index in [0.717, 1.165) is 27.6 Å². The van der Waals surface area contributed by atoms with Gasteiger partial charge >= 0.3 is 0 Å². The molecule has 0 saturated carbocycles. The minimum absolute atomic E-state index is 0.0516. The second kappa shape index (κ2) is 11.2. The Balaban J connectivity index is 2.17. The van der Waals surface area contributed by atoms with Gasteiger partial charge < -0.3 is 15.0 Å². The zero-order chi connectivity index (χ0) is 22.3. The van der Waals surface area contributed by atoms with Crippen LogP contribution in [0.4, 0.5) is 0 Å². The van der Waals surface area contributed by atoms with E-state index in [1.165, 1.54) is 0 Å². The highest BCUT2D eigenvalue weighted by atomic mass is 79.9. The van der Waals surface area contributed by atoms with Gasteiger partial charge in [0.15, 0.2) is 6.61 Å². The van der Waals surface area contributed by atoms with Gasteiger partial charge in [-0.2, -0.15) is 0 Å². The molecule has 0 aliphatic carbocycles. The van der Waals surface area contributed by atoms with Crippen molar-refractivity contribution in [1.29, 1.82) is 0 Å². The van der Waals surface area contributed by atoms with E-state index in [-0.39, 0.29) is 24.5 Å². The van der Waals surface area contributed by atoms with Crippen LogP contribution < -0.4 is 10.1 Å². The third kappa shape index (κ3) is 6.59. The van der Waals surface area contributed by atoms with Crippen LogP contribution in [0, 0.1) is 13.8 Å². The zero-order valence-corrected chi connectivity index (χ0v) is 20.0. The normalized spacial score (nSPS) is 12.7. The Morgan fingerprint density at radius 1 is 1.10 bits per heavy atom. The van der Waals surface area contributed by atoms with Crippen molar-refractivity contribution < 1.29 is 14.3 Å². The van der Waals surface area contributed by atoms with Crippen LogP contribution in [0.5, 0.6) is 5.75 Å². The molecule has 0 bridgehead atoms. The van der Waals surface area contributed by atoms with E-state index in [4.69, 9.17) is 4.74 Å². The van der Waals surface area contributed by atoms with Gasteiger partial charge in [0.2, 0.25) is 5.91 Å². The Hall–Kier alpha value is -2.34. The molecule has 0 fully saturated rings. The molecule has 0 aliphatic rings. The van der Waals surface area contributed by atoms with E-state index in [1.54, 1.807) is 11.8 Å². The smallest absolute Gasteiger partial charge is 0.261 e. The molecule has 0 aromatic heterocycles. The number of halogens is 1. The van der Waals surface area contributed by atoms with Crippen molar-refractivity contribution in [3.63, 3.8) is 0 Å². The Bertz CT molecular complexity index is 867. The van der Waals surface area contributed by atoms with Gasteiger partial charge in [0.1, 0.15) is 11.8 Å². The van der Waals surface area contributed by atoms with Gasteiger partial charge in [-0.05, 0) is 69.0 Å². The highest BCUT2D eigenvalue weighted by molar-refractivity contribution is 9.10. The predicted molar refractivity (Wildman–Crippen MR) is 123 cm³/mol. The SMILES string of the molecule is CC[C@@H](C)NC(=O)[C@@H](C)N(Cc1ccc(Br)cc1)C(=O)COc1cccc(C)c1C. The summed E-state index contributed by atoms with van der Waals surface area (Å²) in [5.74, 6) is 0.288. The average molecular weight is 475 g/mol. The van der Waals surface area contributed by atoms with Crippen LogP contribution in [0.3, 0.4) is 0 Å². The van der Waals surface area contributed by atoms with E-state index in [2.05, 4.69) is 21.2 Å². The summed E-state index contributed by atoms with van der Waals surface area (Å²) < 4.78 is 6.78. The van der Waals surface area contributed by atoms with Crippen LogP contribution in [0.1, 0.15) is 43.9 Å². The fraction of sp³-hybridized carbons (Fsp3) is 0.417. The molecule has 2 amide bonds. The van der Waals surface area contributed by atoms with Crippen LogP contribution in [-0.4, -0.2) is 35.4 Å². The lowest BCUT2D eigenvalue weighted by Gasteiger charge is -2.29. The first-order valence-electron chi connectivity index (χ1n) is 10.3. The van der Waals surface area contributed by atoms with Crippen molar-refractivity contribution in [3.05, 3.63) is 63.6 Å². The summed E-state index contributed by atoms with van der Waals surface area (Å²) in [6.07, 6.45) is 0.828. The maximum Gasteiger partial charge on any atom is 0.261 e. The molecule has 0 heterocycles. The number of carbonyl (C=O) groups excluding carboxylic acids is 2. The van der Waals surface area contributed by atoms with Crippen LogP contribution in [0.15, 0.2) is 46.9 Å². The van der Waals surface area contributed by atoms with Crippen molar-refractivity contribution in [1.82, 2.24) is 10.2 Å². The van der Waals surface area contributed by atoms with Gasteiger partial charge in [0, 0.05) is 17.1 Å². The monoisotopic (exact) mass is 474 g/mol. The topological polar surface area (TPSA) is 58.6 Å². The lowest BCUT2D eigenvalue weighted by molar-refractivity contribution is -0.142. The Kier molecular flexibility index (Phi) is 8.90. The summed E-state index contributed by atoms with van der Waals surface area (Å²) >= 11 is 3.43. The van der Waals surface area contributed by atoms with Crippen molar-refractivity contribution >= 4 is 27.7 Å². The molecule has 30 heavy (non-hydrogen) atoms. The van der Waals surface area contributed by atoms with Gasteiger partial charge in [-0.1, -0.05) is 47.1 Å². The lowest BCUT2D eigenvalue weighted by Crippen LogP contribution is -2.50. The second-order valence-corrected chi connectivity index (χ2v) is 8.54. The molecule has 2 atom stereocenters. The molecule has 0 aliphatic heterocycles. The Morgan fingerprint density at radius 3 is 2.40 bits per heavy atom. The zero-order valence-electron chi connectivity index (χ0n) is 18.4. The fourth-order valence-corrected chi connectivity index (χ4v) is 3.20. The van der Waals surface area contributed by atoms with Crippen molar-refractivity contribution in [2.45, 2.75) is 59.7 Å². The molecule has 0 spiro atoms. The molecular formula is C24H31BrN2O3. The van der Waals surface area contributed by atoms with Crippen LogP contribution in [0.25, 0.3) is 0 Å². The van der Waals surface area contributed by atoms with Crippen molar-refractivity contribution in [3.8, 4) is 5.75 Å². The molecule has 2 rings (SSSR count). The van der Waals surface area contributed by atoms with Crippen LogP contribution in [-0.2, 0) is 16.1 Å². The summed E-state index contributed by atoms with van der Waals surface area (Å²) in [6, 6.07) is 12.9. The number of nitrogens with zero attached hydrogens (tertiary/aromatic N) is 1. The third-order valence-electron chi connectivity index (χ3n) is 5.34. The summed E-state index contributed by atoms with van der Waals surface area (Å²) in [5, 5.41) is 2.97. The first kappa shape index (κ1) is 23.9. The number of aryl methyl sites for hydroxylation is 1. The predicted octanol–water partition coefficient (Wildman–Crippen LogP) is 4.78. The molecule has 6 heteroatoms. The molecular weight excluding hydrogens is 444 g/mol. The van der Waals surface area contributed by atoms with Crippen LogP contribution in [0.2, 0.25) is 0 Å². The number of carbonyl (C=O) groups is 2. The molecule has 0 saturated heterocycles. The molecule has 5 nitrogen and oxygen atoms in total. The van der Waals surface area contributed by atoms with Gasteiger partial charge in [-0.3, -0.25) is 9.59 Å². The molecule has 162 valence electrons. The minimum Gasteiger partial charge on any atom is -0.483 e. The Morgan fingerprint density at radius 2 is 1.77 bits per heavy atom. The van der Waals surface area contributed by atoms with Crippen molar-refractivity contribution in [2.24, 2.45) is 0 Å². The summed E-state index contributed by atoms with van der Waals surface area (Å²) in [4.78, 5) is 27.4. The van der Waals surface area contributed by atoms with Gasteiger partial charge in [-0.15, -0.1) is 0 Å². The summed E-state index contributed by atoms with van der Waals surface area (Å²) in [5.41, 5.74) is 3.06. The first-order valence-corrected chi connectivity index (χ1v) is 11.1. The van der Waals surface area contributed by atoms with E-state index in [9.17, 15) is 9.59 Å². The third-order valence-corrected chi connectivity index (χ3v) is 5.87. The fourth-order valence-electron chi connectivity index (χ4n) is 2.94. The quantitative estimate of drug-likeness (QED) is 0.568. The van der Waals surface area contributed by atoms with E-state index in [1.807, 2.05) is 70.2 Å². The largest absolute Gasteiger partial charge is 0.483 e. The molecule has 0 unspecified atom stereocenters. The number of benzene rings is 2.